The average molecular weight is 466 g/mol. The first-order chi connectivity index (χ1) is 16.3. The van der Waals surface area contributed by atoms with E-state index in [1.165, 1.54) is 32.3 Å². The number of methoxy groups -OCH3 is 3. The smallest absolute Gasteiger partial charge is 0.274 e. The fourth-order valence-electron chi connectivity index (χ4n) is 5.71. The summed E-state index contributed by atoms with van der Waals surface area (Å²) in [4.78, 5) is 30.7. The van der Waals surface area contributed by atoms with E-state index in [1.807, 2.05) is 0 Å². The second-order valence-electron chi connectivity index (χ2n) is 8.63. The molecule has 3 aliphatic rings. The summed E-state index contributed by atoms with van der Waals surface area (Å²) >= 11 is 0. The first kappa shape index (κ1) is 20.7. The van der Waals surface area contributed by atoms with E-state index in [0.29, 0.717) is 28.2 Å². The van der Waals surface area contributed by atoms with Crippen molar-refractivity contribution in [2.24, 2.45) is 5.92 Å². The molecule has 1 saturated heterocycles. The molecule has 34 heavy (non-hydrogen) atoms. The Balaban J connectivity index is 1.46. The molecule has 174 valence electrons. The Hall–Kier alpha value is -3.88. The maximum atomic E-state index is 15.1. The molecular formula is C25H20F2N2O5. The van der Waals surface area contributed by atoms with Crippen LogP contribution in [0.5, 0.6) is 17.2 Å². The number of aromatic amines is 1. The third kappa shape index (κ3) is 2.24. The average Bonchev–Trinajstić information content (AvgIpc) is 3.19. The van der Waals surface area contributed by atoms with Crippen molar-refractivity contribution in [3.63, 3.8) is 0 Å². The number of hydrogen-bond acceptors (Lipinski definition) is 5. The Labute approximate surface area is 192 Å². The first-order valence-corrected chi connectivity index (χ1v) is 10.7. The van der Waals surface area contributed by atoms with Crippen molar-refractivity contribution in [1.29, 1.82) is 0 Å². The van der Waals surface area contributed by atoms with Gasteiger partial charge in [0.25, 0.3) is 11.8 Å². The van der Waals surface area contributed by atoms with Crippen molar-refractivity contribution in [2.75, 3.05) is 27.9 Å². The van der Waals surface area contributed by atoms with Crippen molar-refractivity contribution >= 4 is 22.6 Å². The third-order valence-corrected chi connectivity index (χ3v) is 7.24. The quantitative estimate of drug-likeness (QED) is 0.630. The van der Waals surface area contributed by atoms with Gasteiger partial charge in [-0.2, -0.15) is 0 Å². The lowest BCUT2D eigenvalue weighted by molar-refractivity contribution is 0.0507. The summed E-state index contributed by atoms with van der Waals surface area (Å²) in [5, 5.41) is 0.626. The number of piperidine rings is 1. The Morgan fingerprint density at radius 2 is 1.82 bits per heavy atom. The number of hydrogen-bond donors (Lipinski definition) is 1. The maximum absolute atomic E-state index is 15.1. The number of carbonyl (C=O) groups excluding carboxylic acids is 2. The van der Waals surface area contributed by atoms with Crippen LogP contribution in [0.4, 0.5) is 8.78 Å². The molecule has 0 bridgehead atoms. The highest BCUT2D eigenvalue weighted by Gasteiger charge is 2.88. The van der Waals surface area contributed by atoms with Crippen molar-refractivity contribution in [1.82, 2.24) is 9.88 Å². The minimum absolute atomic E-state index is 0.0528. The second kappa shape index (κ2) is 6.59. The number of aromatic nitrogens is 1. The number of amides is 1. The Morgan fingerprint density at radius 3 is 2.53 bits per heavy atom. The van der Waals surface area contributed by atoms with Gasteiger partial charge in [-0.05, 0) is 17.7 Å². The predicted molar refractivity (Wildman–Crippen MR) is 118 cm³/mol. The fraction of sp³-hybridized carbons (Fsp3) is 0.280. The molecule has 2 aromatic carbocycles. The SMILES string of the molecule is COc1cc2cc(C(=O)N3CC4C(F)(F)C45C3=CC(=O)c3ccccc35)[nH]c2c(OC)c1OC. The van der Waals surface area contributed by atoms with Gasteiger partial charge < -0.3 is 24.1 Å². The fourth-order valence-corrected chi connectivity index (χ4v) is 5.71. The molecule has 3 aromatic rings. The van der Waals surface area contributed by atoms with Gasteiger partial charge in [-0.3, -0.25) is 9.59 Å². The predicted octanol–water partition coefficient (Wildman–Crippen LogP) is 3.93. The van der Waals surface area contributed by atoms with Gasteiger partial charge in [0.05, 0.1) is 32.8 Å². The zero-order valence-corrected chi connectivity index (χ0v) is 18.6. The Morgan fingerprint density at radius 1 is 1.09 bits per heavy atom. The Kier molecular flexibility index (Phi) is 4.01. The molecule has 9 heteroatoms. The van der Waals surface area contributed by atoms with Crippen LogP contribution in [0.3, 0.4) is 0 Å². The molecular weight excluding hydrogens is 446 g/mol. The number of rotatable bonds is 4. The lowest BCUT2D eigenvalue weighted by atomic mass is 9.81. The number of alkyl halides is 2. The Bertz CT molecular complexity index is 1440. The molecule has 6 rings (SSSR count). The molecule has 2 heterocycles. The van der Waals surface area contributed by atoms with Crippen LogP contribution in [0.2, 0.25) is 0 Å². The summed E-state index contributed by atoms with van der Waals surface area (Å²) in [6.07, 6.45) is 1.19. The van der Waals surface area contributed by atoms with Gasteiger partial charge in [0.1, 0.15) is 11.1 Å². The number of ketones is 1. The second-order valence-corrected chi connectivity index (χ2v) is 8.63. The molecule has 2 aliphatic carbocycles. The van der Waals surface area contributed by atoms with Crippen LogP contribution in [0.1, 0.15) is 26.4 Å². The number of H-pyrrole nitrogens is 1. The number of nitrogens with one attached hydrogen (secondary N) is 1. The van der Waals surface area contributed by atoms with Crippen molar-refractivity contribution in [3.8, 4) is 17.2 Å². The van der Waals surface area contributed by atoms with Crippen LogP contribution in [-0.4, -0.2) is 55.4 Å². The van der Waals surface area contributed by atoms with Crippen molar-refractivity contribution in [3.05, 3.63) is 65.0 Å². The highest BCUT2D eigenvalue weighted by molar-refractivity contribution is 6.10. The topological polar surface area (TPSA) is 80.9 Å². The van der Waals surface area contributed by atoms with E-state index < -0.39 is 23.2 Å². The molecule has 1 aromatic heterocycles. The zero-order chi connectivity index (χ0) is 24.0. The van der Waals surface area contributed by atoms with Crippen molar-refractivity contribution < 1.29 is 32.6 Å². The van der Waals surface area contributed by atoms with Crippen LogP contribution in [0, 0.1) is 5.92 Å². The molecule has 7 nitrogen and oxygen atoms in total. The third-order valence-electron chi connectivity index (χ3n) is 7.24. The lowest BCUT2D eigenvalue weighted by Gasteiger charge is -2.30. The van der Waals surface area contributed by atoms with Crippen LogP contribution < -0.4 is 14.2 Å². The van der Waals surface area contributed by atoms with E-state index in [0.717, 1.165) is 0 Å². The van der Waals surface area contributed by atoms with Gasteiger partial charge in [-0.15, -0.1) is 0 Å². The van der Waals surface area contributed by atoms with Crippen LogP contribution in [-0.2, 0) is 5.41 Å². The number of benzene rings is 2. The van der Waals surface area contributed by atoms with E-state index >= 15 is 8.78 Å². The molecule has 1 saturated carbocycles. The number of fused-ring (bicyclic) bond motifs is 2. The van der Waals surface area contributed by atoms with E-state index in [-0.39, 0.29) is 34.8 Å². The summed E-state index contributed by atoms with van der Waals surface area (Å²) in [6.45, 7) is -0.182. The van der Waals surface area contributed by atoms with Crippen LogP contribution >= 0.6 is 0 Å². The number of carbonyl (C=O) groups is 2. The summed E-state index contributed by atoms with van der Waals surface area (Å²) in [7, 11) is 4.43. The largest absolute Gasteiger partial charge is 0.493 e. The standard InChI is InChI=1S/C25H20F2N2O5/c1-32-17-9-12-8-15(28-20(12)22(34-3)21(17)33-2)23(31)29-11-18-24(25(18,26)27)14-7-5-4-6-13(14)16(30)10-19(24)29/h4-10,18,28H,11H2,1-3H3. The summed E-state index contributed by atoms with van der Waals surface area (Å²) in [5.41, 5.74) is -0.365. The monoisotopic (exact) mass is 466 g/mol. The number of ether oxygens (including phenoxy) is 3. The summed E-state index contributed by atoms with van der Waals surface area (Å²) in [6, 6.07) is 9.72. The summed E-state index contributed by atoms with van der Waals surface area (Å²) < 4.78 is 46.5. The number of allylic oxidation sites excluding steroid dienone is 2. The van der Waals surface area contributed by atoms with Crippen LogP contribution in [0.15, 0.2) is 48.2 Å². The molecule has 2 unspecified atom stereocenters. The highest BCUT2D eigenvalue weighted by atomic mass is 19.3. The molecule has 2 atom stereocenters. The van der Waals surface area contributed by atoms with Gasteiger partial charge >= 0.3 is 0 Å². The van der Waals surface area contributed by atoms with E-state index in [2.05, 4.69) is 4.98 Å². The van der Waals surface area contributed by atoms with Gasteiger partial charge in [-0.25, -0.2) is 8.78 Å². The highest BCUT2D eigenvalue weighted by Crippen LogP contribution is 2.75. The minimum Gasteiger partial charge on any atom is -0.493 e. The maximum Gasteiger partial charge on any atom is 0.274 e. The zero-order valence-electron chi connectivity index (χ0n) is 18.6. The normalized spacial score (nSPS) is 23.7. The lowest BCUT2D eigenvalue weighted by Crippen LogP contribution is -2.38. The number of likely N-dealkylation sites (tertiary alicyclic amines) is 1. The van der Waals surface area contributed by atoms with Crippen LogP contribution in [0.25, 0.3) is 10.9 Å². The van der Waals surface area contributed by atoms with E-state index in [1.54, 1.807) is 36.4 Å². The van der Waals surface area contributed by atoms with Gasteiger partial charge in [0.15, 0.2) is 17.3 Å². The first-order valence-electron chi connectivity index (χ1n) is 10.7. The molecule has 1 amide bonds. The van der Waals surface area contributed by atoms with E-state index in [9.17, 15) is 9.59 Å². The molecule has 1 N–H and O–H groups in total. The molecule has 0 radical (unpaired) electrons. The molecule has 1 aliphatic heterocycles. The van der Waals surface area contributed by atoms with Gasteiger partial charge in [-0.1, -0.05) is 24.3 Å². The van der Waals surface area contributed by atoms with Crippen molar-refractivity contribution in [2.45, 2.75) is 11.3 Å². The van der Waals surface area contributed by atoms with Gasteiger partial charge in [0.2, 0.25) is 5.75 Å². The number of halogens is 2. The number of nitrogens with zero attached hydrogens (tertiary/aromatic N) is 1. The minimum atomic E-state index is -3.03. The van der Waals surface area contributed by atoms with Gasteiger partial charge in [0, 0.05) is 29.3 Å². The molecule has 2 fully saturated rings. The summed E-state index contributed by atoms with van der Waals surface area (Å²) in [5.74, 6) is -3.87. The van der Waals surface area contributed by atoms with E-state index in [4.69, 9.17) is 14.2 Å². The molecule has 1 spiro atoms.